The fraction of sp³-hybridized carbons (Fsp3) is 0.231. The smallest absolute Gasteiger partial charge is 0.338 e. The van der Waals surface area contributed by atoms with Crippen LogP contribution in [0.3, 0.4) is 0 Å². The molecule has 4 aromatic rings. The van der Waals surface area contributed by atoms with Crippen molar-refractivity contribution in [3.8, 4) is 5.69 Å². The lowest BCUT2D eigenvalue weighted by molar-refractivity contribution is 0.0526. The topological polar surface area (TPSA) is 112 Å². The van der Waals surface area contributed by atoms with Crippen LogP contribution in [0.25, 0.3) is 5.69 Å². The van der Waals surface area contributed by atoms with E-state index in [4.69, 9.17) is 16.3 Å². The van der Waals surface area contributed by atoms with Gasteiger partial charge >= 0.3 is 5.97 Å². The van der Waals surface area contributed by atoms with Crippen LogP contribution < -0.4 is 5.32 Å². The van der Waals surface area contributed by atoms with Crippen LogP contribution in [0.4, 0.5) is 5.69 Å². The molecule has 0 spiro atoms. The second-order valence-corrected chi connectivity index (χ2v) is 9.55. The fourth-order valence-electron chi connectivity index (χ4n) is 3.51. The van der Waals surface area contributed by atoms with Gasteiger partial charge in [0, 0.05) is 27.9 Å². The van der Waals surface area contributed by atoms with Crippen molar-refractivity contribution in [3.05, 3.63) is 87.5 Å². The molecule has 9 nitrogen and oxygen atoms in total. The quantitative estimate of drug-likeness (QED) is 0.182. The zero-order valence-corrected chi connectivity index (χ0v) is 22.4. The number of nitrogens with one attached hydrogen (secondary N) is 1. The first-order chi connectivity index (χ1) is 17.7. The fourth-order valence-corrected chi connectivity index (χ4v) is 4.63. The lowest BCUT2D eigenvalue weighted by Crippen LogP contribution is -2.15. The number of anilines is 1. The Morgan fingerprint density at radius 2 is 1.73 bits per heavy atom. The Kier molecular flexibility index (Phi) is 8.20. The Morgan fingerprint density at radius 1 is 1.03 bits per heavy atom. The molecular formula is C26H25ClN6O3S. The first kappa shape index (κ1) is 26.3. The van der Waals surface area contributed by atoms with Crippen LogP contribution in [-0.2, 0) is 10.5 Å². The van der Waals surface area contributed by atoms with Crippen LogP contribution in [0.2, 0.25) is 5.02 Å². The molecule has 1 N–H and O–H groups in total. The summed E-state index contributed by atoms with van der Waals surface area (Å²) in [7, 11) is 0. The average Bonchev–Trinajstić information content (AvgIpc) is 3.28. The Morgan fingerprint density at radius 3 is 2.38 bits per heavy atom. The monoisotopic (exact) mass is 536 g/mol. The van der Waals surface area contributed by atoms with E-state index in [1.807, 2.05) is 39.0 Å². The maximum Gasteiger partial charge on any atom is 0.338 e. The van der Waals surface area contributed by atoms with Gasteiger partial charge in [0.1, 0.15) is 0 Å². The summed E-state index contributed by atoms with van der Waals surface area (Å²) in [5.41, 5.74) is 4.94. The van der Waals surface area contributed by atoms with Gasteiger partial charge in [0.15, 0.2) is 10.9 Å². The third-order valence-corrected chi connectivity index (χ3v) is 6.60. The summed E-state index contributed by atoms with van der Waals surface area (Å²) in [6.45, 7) is 7.75. The highest BCUT2D eigenvalue weighted by Crippen LogP contribution is 2.26. The normalized spacial score (nSPS) is 10.8. The number of amides is 1. The standard InChI is InChI=1S/C26H25ClN6O3S/c1-5-36-25(35)18-7-9-19(10-8-18)30-24(34)23-22(14-37-26-28-16(3)12-17(4)29-26)33(32-31-23)20-11-6-15(2)21(27)13-20/h6-13H,5,14H2,1-4H3,(H,30,34). The number of benzene rings is 2. The Hall–Kier alpha value is -3.76. The predicted molar refractivity (Wildman–Crippen MR) is 143 cm³/mol. The molecule has 0 saturated carbocycles. The highest BCUT2D eigenvalue weighted by Gasteiger charge is 2.22. The highest BCUT2D eigenvalue weighted by molar-refractivity contribution is 7.98. The summed E-state index contributed by atoms with van der Waals surface area (Å²) >= 11 is 7.74. The number of ether oxygens (including phenoxy) is 1. The molecule has 2 aromatic carbocycles. The molecule has 0 aliphatic rings. The van der Waals surface area contributed by atoms with Crippen LogP contribution >= 0.6 is 23.4 Å². The summed E-state index contributed by atoms with van der Waals surface area (Å²) in [5.74, 6) is -0.523. The number of carbonyl (C=O) groups excluding carboxylic acids is 2. The van der Waals surface area contributed by atoms with Gasteiger partial charge in [-0.25, -0.2) is 19.4 Å². The first-order valence-corrected chi connectivity index (χ1v) is 12.9. The van der Waals surface area contributed by atoms with Crippen molar-refractivity contribution in [1.29, 1.82) is 0 Å². The first-order valence-electron chi connectivity index (χ1n) is 11.5. The minimum Gasteiger partial charge on any atom is -0.462 e. The van der Waals surface area contributed by atoms with Crippen molar-refractivity contribution in [2.75, 3.05) is 11.9 Å². The van der Waals surface area contributed by atoms with E-state index < -0.39 is 11.9 Å². The number of hydrogen-bond acceptors (Lipinski definition) is 8. The summed E-state index contributed by atoms with van der Waals surface area (Å²) in [4.78, 5) is 34.1. The molecule has 4 rings (SSSR count). The number of nitrogens with zero attached hydrogens (tertiary/aromatic N) is 5. The van der Waals surface area contributed by atoms with Crippen molar-refractivity contribution in [2.24, 2.45) is 0 Å². The number of esters is 1. The number of rotatable bonds is 8. The van der Waals surface area contributed by atoms with Gasteiger partial charge in [-0.1, -0.05) is 34.6 Å². The van der Waals surface area contributed by atoms with Gasteiger partial charge in [-0.05, 0) is 75.7 Å². The number of halogens is 1. The average molecular weight is 537 g/mol. The van der Waals surface area contributed by atoms with E-state index in [-0.39, 0.29) is 12.3 Å². The molecule has 2 heterocycles. The number of carbonyl (C=O) groups is 2. The molecule has 0 fully saturated rings. The summed E-state index contributed by atoms with van der Waals surface area (Å²) < 4.78 is 6.60. The summed E-state index contributed by atoms with van der Waals surface area (Å²) in [6, 6.07) is 13.9. The van der Waals surface area contributed by atoms with Crippen LogP contribution in [0.1, 0.15) is 50.4 Å². The van der Waals surface area contributed by atoms with E-state index in [1.54, 1.807) is 41.9 Å². The third kappa shape index (κ3) is 6.33. The lowest BCUT2D eigenvalue weighted by atomic mass is 10.2. The van der Waals surface area contributed by atoms with Gasteiger partial charge in [-0.15, -0.1) is 5.10 Å². The van der Waals surface area contributed by atoms with Crippen LogP contribution in [-0.4, -0.2) is 43.4 Å². The molecule has 11 heteroatoms. The molecule has 0 unspecified atom stereocenters. The van der Waals surface area contributed by atoms with Gasteiger partial charge < -0.3 is 10.1 Å². The molecule has 0 radical (unpaired) electrons. The second-order valence-electron chi connectivity index (χ2n) is 8.20. The van der Waals surface area contributed by atoms with Crippen molar-refractivity contribution < 1.29 is 14.3 Å². The maximum absolute atomic E-state index is 13.3. The molecule has 190 valence electrons. The van der Waals surface area contributed by atoms with E-state index in [0.29, 0.717) is 38.6 Å². The van der Waals surface area contributed by atoms with Gasteiger partial charge in [0.05, 0.1) is 23.6 Å². The predicted octanol–water partition coefficient (Wildman–Crippen LogP) is 5.36. The van der Waals surface area contributed by atoms with Gasteiger partial charge in [0.2, 0.25) is 0 Å². The van der Waals surface area contributed by atoms with E-state index in [2.05, 4.69) is 25.6 Å². The number of aryl methyl sites for hydroxylation is 3. The van der Waals surface area contributed by atoms with E-state index >= 15 is 0 Å². The van der Waals surface area contributed by atoms with Gasteiger partial charge in [-0.2, -0.15) is 0 Å². The van der Waals surface area contributed by atoms with Crippen molar-refractivity contribution in [3.63, 3.8) is 0 Å². The number of aromatic nitrogens is 5. The SMILES string of the molecule is CCOC(=O)c1ccc(NC(=O)c2nnn(-c3ccc(C)c(Cl)c3)c2CSc2nc(C)cc(C)n2)cc1. The Balaban J connectivity index is 1.63. The third-order valence-electron chi connectivity index (χ3n) is 5.33. The van der Waals surface area contributed by atoms with Gasteiger partial charge in [-0.3, -0.25) is 4.79 Å². The molecule has 0 saturated heterocycles. The molecule has 37 heavy (non-hydrogen) atoms. The Labute approximate surface area is 223 Å². The summed E-state index contributed by atoms with van der Waals surface area (Å²) in [6.07, 6.45) is 0. The van der Waals surface area contributed by atoms with Crippen LogP contribution in [0, 0.1) is 20.8 Å². The van der Waals surface area contributed by atoms with Crippen molar-refractivity contribution in [2.45, 2.75) is 38.6 Å². The number of hydrogen-bond donors (Lipinski definition) is 1. The summed E-state index contributed by atoms with van der Waals surface area (Å²) in [5, 5.41) is 12.4. The van der Waals surface area contributed by atoms with E-state index in [9.17, 15) is 9.59 Å². The molecule has 0 aliphatic heterocycles. The molecule has 0 atom stereocenters. The zero-order valence-electron chi connectivity index (χ0n) is 20.8. The maximum atomic E-state index is 13.3. The van der Waals surface area contributed by atoms with Crippen molar-refractivity contribution >= 4 is 40.9 Å². The molecule has 0 aliphatic carbocycles. The molecule has 2 aromatic heterocycles. The Bertz CT molecular complexity index is 1440. The largest absolute Gasteiger partial charge is 0.462 e. The van der Waals surface area contributed by atoms with Gasteiger partial charge in [0.25, 0.3) is 5.91 Å². The lowest BCUT2D eigenvalue weighted by Gasteiger charge is -2.10. The minimum absolute atomic E-state index is 0.156. The second kappa shape index (κ2) is 11.5. The zero-order chi connectivity index (χ0) is 26.5. The van der Waals surface area contributed by atoms with E-state index in [0.717, 1.165) is 17.0 Å². The number of thioether (sulfide) groups is 1. The van der Waals surface area contributed by atoms with Crippen LogP contribution in [0.5, 0.6) is 0 Å². The van der Waals surface area contributed by atoms with Crippen LogP contribution in [0.15, 0.2) is 53.7 Å². The van der Waals surface area contributed by atoms with Crippen molar-refractivity contribution in [1.82, 2.24) is 25.0 Å². The van der Waals surface area contributed by atoms with E-state index in [1.165, 1.54) is 11.8 Å². The minimum atomic E-state index is -0.440. The molecule has 1 amide bonds. The molecular weight excluding hydrogens is 512 g/mol. The highest BCUT2D eigenvalue weighted by atomic mass is 35.5. The molecule has 0 bridgehead atoms.